The maximum atomic E-state index is 13.0. The van der Waals surface area contributed by atoms with E-state index in [9.17, 15) is 14.4 Å². The predicted molar refractivity (Wildman–Crippen MR) is 127 cm³/mol. The van der Waals surface area contributed by atoms with E-state index in [1.807, 2.05) is 62.4 Å². The Morgan fingerprint density at radius 3 is 2.66 bits per heavy atom. The first-order valence-corrected chi connectivity index (χ1v) is 11.9. The van der Waals surface area contributed by atoms with Crippen LogP contribution in [-0.2, 0) is 15.3 Å². The molecule has 2 saturated heterocycles. The van der Waals surface area contributed by atoms with Gasteiger partial charge >= 0.3 is 6.03 Å². The van der Waals surface area contributed by atoms with E-state index in [0.29, 0.717) is 24.4 Å². The molecule has 3 atom stereocenters. The molecule has 0 unspecified atom stereocenters. The molecule has 2 aromatic rings. The zero-order chi connectivity index (χ0) is 22.7. The highest BCUT2D eigenvalue weighted by Gasteiger charge is 2.46. The molecule has 2 fully saturated rings. The molecule has 0 saturated carbocycles. The number of amides is 4. The topological polar surface area (TPSA) is 90.5 Å². The van der Waals surface area contributed by atoms with Gasteiger partial charge in [0.25, 0.3) is 0 Å². The van der Waals surface area contributed by atoms with Crippen LogP contribution in [-0.4, -0.2) is 53.2 Å². The molecule has 2 aliphatic rings. The van der Waals surface area contributed by atoms with Crippen molar-refractivity contribution in [3.8, 4) is 0 Å². The maximum absolute atomic E-state index is 13.0. The smallest absolute Gasteiger partial charge is 0.319 e. The minimum atomic E-state index is -0.532. The number of carbonyl (C=O) groups is 3. The fraction of sp³-hybridized carbons (Fsp3) is 0.375. The third-order valence-corrected chi connectivity index (χ3v) is 7.10. The Kier molecular flexibility index (Phi) is 6.69. The van der Waals surface area contributed by atoms with Crippen LogP contribution in [0.5, 0.6) is 0 Å². The van der Waals surface area contributed by atoms with E-state index in [0.717, 1.165) is 16.9 Å². The molecule has 3 N–H and O–H groups in total. The number of piperazine rings is 1. The lowest BCUT2D eigenvalue weighted by molar-refractivity contribution is -0.146. The van der Waals surface area contributed by atoms with Gasteiger partial charge in [0.15, 0.2) is 0 Å². The van der Waals surface area contributed by atoms with Crippen LogP contribution in [0.2, 0.25) is 0 Å². The summed E-state index contributed by atoms with van der Waals surface area (Å²) >= 11 is 1.63. The van der Waals surface area contributed by atoms with Crippen LogP contribution in [0.3, 0.4) is 0 Å². The average molecular weight is 453 g/mol. The third kappa shape index (κ3) is 5.07. The summed E-state index contributed by atoms with van der Waals surface area (Å²) in [5.74, 6) is 1.09. The van der Waals surface area contributed by atoms with Gasteiger partial charge in [-0.2, -0.15) is 11.8 Å². The van der Waals surface area contributed by atoms with Crippen LogP contribution < -0.4 is 16.0 Å². The quantitative estimate of drug-likeness (QED) is 0.629. The first kappa shape index (κ1) is 22.2. The standard InChI is InChI=1S/C24H28N4O3S/c1-15-8-9-18(10-16(15)2)25-24(31)26-19-11-21-22(29)27-20(23(30)28(21)12-19)14-32-13-17-6-4-3-5-7-17/h3-10,19-21H,11-14H2,1-2H3,(H,27,29)(H2,25,26,31)/t19-,20-,21-/m0/s1. The molecule has 0 bridgehead atoms. The molecule has 2 aromatic carbocycles. The molecule has 8 heteroatoms. The monoisotopic (exact) mass is 452 g/mol. The van der Waals surface area contributed by atoms with Gasteiger partial charge in [0, 0.05) is 23.7 Å². The molecule has 32 heavy (non-hydrogen) atoms. The second kappa shape index (κ2) is 9.65. The van der Waals surface area contributed by atoms with Gasteiger partial charge in [-0.25, -0.2) is 4.79 Å². The van der Waals surface area contributed by atoms with Crippen LogP contribution >= 0.6 is 11.8 Å². The molecule has 7 nitrogen and oxygen atoms in total. The van der Waals surface area contributed by atoms with Crippen molar-refractivity contribution in [1.82, 2.24) is 15.5 Å². The number of thioether (sulfide) groups is 1. The van der Waals surface area contributed by atoms with Crippen molar-refractivity contribution in [2.45, 2.75) is 44.1 Å². The molecule has 168 valence electrons. The lowest BCUT2D eigenvalue weighted by atomic mass is 10.1. The van der Waals surface area contributed by atoms with Crippen molar-refractivity contribution in [1.29, 1.82) is 0 Å². The van der Waals surface area contributed by atoms with E-state index in [4.69, 9.17) is 0 Å². The second-order valence-corrected chi connectivity index (χ2v) is 9.43. The Balaban J connectivity index is 1.30. The second-order valence-electron chi connectivity index (χ2n) is 8.40. The summed E-state index contributed by atoms with van der Waals surface area (Å²) in [7, 11) is 0. The van der Waals surface area contributed by atoms with E-state index in [-0.39, 0.29) is 23.9 Å². The van der Waals surface area contributed by atoms with Crippen LogP contribution in [0.25, 0.3) is 0 Å². The Bertz CT molecular complexity index is 1010. The normalized spacial score (nSPS) is 22.3. The van der Waals surface area contributed by atoms with Gasteiger partial charge in [-0.1, -0.05) is 36.4 Å². The van der Waals surface area contributed by atoms with E-state index >= 15 is 0 Å². The zero-order valence-electron chi connectivity index (χ0n) is 18.3. The molecular weight excluding hydrogens is 424 g/mol. The van der Waals surface area contributed by atoms with Gasteiger partial charge in [-0.05, 0) is 49.1 Å². The summed E-state index contributed by atoms with van der Waals surface area (Å²) < 4.78 is 0. The summed E-state index contributed by atoms with van der Waals surface area (Å²) in [5, 5.41) is 8.61. The van der Waals surface area contributed by atoms with E-state index in [1.54, 1.807) is 16.7 Å². The fourth-order valence-corrected chi connectivity index (χ4v) is 5.12. The number of hydrogen-bond acceptors (Lipinski definition) is 4. The van der Waals surface area contributed by atoms with E-state index in [2.05, 4.69) is 16.0 Å². The molecule has 0 spiro atoms. The van der Waals surface area contributed by atoms with E-state index in [1.165, 1.54) is 5.56 Å². The minimum Gasteiger partial charge on any atom is -0.342 e. The lowest BCUT2D eigenvalue weighted by Crippen LogP contribution is -2.61. The Morgan fingerprint density at radius 2 is 1.91 bits per heavy atom. The summed E-state index contributed by atoms with van der Waals surface area (Å²) in [6.07, 6.45) is 0.418. The van der Waals surface area contributed by atoms with E-state index < -0.39 is 12.1 Å². The molecule has 4 amide bonds. The Labute approximate surface area is 192 Å². The number of urea groups is 1. The highest BCUT2D eigenvalue weighted by atomic mass is 32.2. The highest BCUT2D eigenvalue weighted by molar-refractivity contribution is 7.98. The van der Waals surface area contributed by atoms with Gasteiger partial charge in [0.2, 0.25) is 11.8 Å². The van der Waals surface area contributed by atoms with Gasteiger partial charge in [0.05, 0.1) is 6.04 Å². The van der Waals surface area contributed by atoms with Crippen LogP contribution in [0.1, 0.15) is 23.1 Å². The minimum absolute atomic E-state index is 0.0750. The number of carbonyl (C=O) groups excluding carboxylic acids is 3. The Hall–Kier alpha value is -3.00. The van der Waals surface area contributed by atoms with Crippen molar-refractivity contribution < 1.29 is 14.4 Å². The first-order valence-electron chi connectivity index (χ1n) is 10.8. The predicted octanol–water partition coefficient (Wildman–Crippen LogP) is 2.83. The summed E-state index contributed by atoms with van der Waals surface area (Å²) in [4.78, 5) is 39.6. The molecule has 2 heterocycles. The summed E-state index contributed by atoms with van der Waals surface area (Å²) in [6, 6.07) is 14.1. The zero-order valence-corrected chi connectivity index (χ0v) is 19.1. The first-order chi connectivity index (χ1) is 15.4. The Morgan fingerprint density at radius 1 is 1.12 bits per heavy atom. The van der Waals surface area contributed by atoms with Crippen molar-refractivity contribution >= 4 is 35.3 Å². The van der Waals surface area contributed by atoms with Gasteiger partial charge < -0.3 is 20.9 Å². The number of hydrogen-bond donors (Lipinski definition) is 3. The van der Waals surface area contributed by atoms with Crippen LogP contribution in [0.4, 0.5) is 10.5 Å². The number of aryl methyl sites for hydroxylation is 2. The van der Waals surface area contributed by atoms with Crippen molar-refractivity contribution in [2.75, 3.05) is 17.6 Å². The number of anilines is 1. The highest BCUT2D eigenvalue weighted by Crippen LogP contribution is 2.25. The van der Waals surface area contributed by atoms with Gasteiger partial charge in [0.1, 0.15) is 12.1 Å². The maximum Gasteiger partial charge on any atom is 0.319 e. The lowest BCUT2D eigenvalue weighted by Gasteiger charge is -2.34. The summed E-state index contributed by atoms with van der Waals surface area (Å²) in [5.41, 5.74) is 4.15. The molecule has 4 rings (SSSR count). The third-order valence-electron chi connectivity index (χ3n) is 6.00. The largest absolute Gasteiger partial charge is 0.342 e. The van der Waals surface area contributed by atoms with Gasteiger partial charge in [-0.3, -0.25) is 9.59 Å². The molecule has 0 radical (unpaired) electrons. The van der Waals surface area contributed by atoms with Crippen molar-refractivity contribution in [2.24, 2.45) is 0 Å². The van der Waals surface area contributed by atoms with Crippen LogP contribution in [0, 0.1) is 13.8 Å². The number of rotatable bonds is 6. The molecular formula is C24H28N4O3S. The van der Waals surface area contributed by atoms with Crippen molar-refractivity contribution in [3.63, 3.8) is 0 Å². The molecule has 2 aliphatic heterocycles. The molecule has 0 aliphatic carbocycles. The number of fused-ring (bicyclic) bond motifs is 1. The fourth-order valence-electron chi connectivity index (χ4n) is 4.12. The number of benzene rings is 2. The SMILES string of the molecule is Cc1ccc(NC(=O)N[C@H]2C[C@H]3C(=O)N[C@@H](CSCc4ccccc4)C(=O)N3C2)cc1C. The average Bonchev–Trinajstić information content (AvgIpc) is 3.19. The van der Waals surface area contributed by atoms with Crippen molar-refractivity contribution in [3.05, 3.63) is 65.2 Å². The number of nitrogens with one attached hydrogen (secondary N) is 3. The molecule has 0 aromatic heterocycles. The van der Waals surface area contributed by atoms with Crippen LogP contribution in [0.15, 0.2) is 48.5 Å². The van der Waals surface area contributed by atoms with Gasteiger partial charge in [-0.15, -0.1) is 0 Å². The number of nitrogens with zero attached hydrogens (tertiary/aromatic N) is 1. The summed E-state index contributed by atoms with van der Waals surface area (Å²) in [6.45, 7) is 4.35.